The number of unbranched alkanes of at least 4 members (excludes halogenated alkanes) is 2. The van der Waals surface area contributed by atoms with Crippen LogP contribution in [0.2, 0.25) is 0 Å². The number of carboxylic acid groups (broad SMARTS) is 1. The number of aliphatic carboxylic acids is 1. The zero-order chi connectivity index (χ0) is 17.6. The van der Waals surface area contributed by atoms with E-state index in [1.807, 2.05) is 0 Å². The lowest BCUT2D eigenvalue weighted by Gasteiger charge is -2.35. The number of hydrogen-bond donors (Lipinski definition) is 1. The van der Waals surface area contributed by atoms with Crippen LogP contribution in [0.3, 0.4) is 0 Å². The van der Waals surface area contributed by atoms with E-state index in [1.165, 1.54) is 29.1 Å². The number of nitrogens with zero attached hydrogens (tertiary/aromatic N) is 2. The summed E-state index contributed by atoms with van der Waals surface area (Å²) < 4.78 is 25.1. The maximum Gasteiger partial charge on any atom is 0.320 e. The fourth-order valence-corrected chi connectivity index (χ4v) is 4.14. The predicted molar refractivity (Wildman–Crippen MR) is 94.9 cm³/mol. The van der Waals surface area contributed by atoms with Gasteiger partial charge in [0.2, 0.25) is 10.0 Å². The Morgan fingerprint density at radius 3 is 2.25 bits per heavy atom. The topological polar surface area (TPSA) is 77.9 Å². The molecule has 1 aliphatic rings. The SMILES string of the molecule is CCCCCc1ccc(N2CCN(S(=O)(=O)CC(=O)O)CC2)cc1. The highest BCUT2D eigenvalue weighted by Crippen LogP contribution is 2.19. The lowest BCUT2D eigenvalue weighted by atomic mass is 10.1. The van der Waals surface area contributed by atoms with Crippen LogP contribution >= 0.6 is 0 Å². The molecule has 0 aromatic heterocycles. The molecule has 1 N–H and O–H groups in total. The van der Waals surface area contributed by atoms with Gasteiger partial charge in [0.15, 0.2) is 5.75 Å². The summed E-state index contributed by atoms with van der Waals surface area (Å²) in [5, 5.41) is 8.70. The van der Waals surface area contributed by atoms with Crippen LogP contribution in [0, 0.1) is 0 Å². The van der Waals surface area contributed by atoms with Crippen molar-refractivity contribution in [2.24, 2.45) is 0 Å². The van der Waals surface area contributed by atoms with Crippen LogP contribution in [-0.2, 0) is 21.2 Å². The zero-order valence-corrected chi connectivity index (χ0v) is 15.0. The summed E-state index contributed by atoms with van der Waals surface area (Å²) in [6.45, 7) is 4.00. The first kappa shape index (κ1) is 18.7. The number of carbonyl (C=O) groups is 1. The molecule has 0 saturated carbocycles. The third-order valence-electron chi connectivity index (χ3n) is 4.31. The van der Waals surface area contributed by atoms with Crippen molar-refractivity contribution in [1.29, 1.82) is 0 Å². The fraction of sp³-hybridized carbons (Fsp3) is 0.588. The Balaban J connectivity index is 1.89. The quantitative estimate of drug-likeness (QED) is 0.722. The Bertz CT molecular complexity index is 635. The van der Waals surface area contributed by atoms with Crippen molar-refractivity contribution in [1.82, 2.24) is 4.31 Å². The van der Waals surface area contributed by atoms with E-state index in [2.05, 4.69) is 36.1 Å². The van der Waals surface area contributed by atoms with Gasteiger partial charge in [0.1, 0.15) is 0 Å². The first-order valence-electron chi connectivity index (χ1n) is 8.46. The summed E-state index contributed by atoms with van der Waals surface area (Å²) in [6, 6.07) is 8.45. The molecule has 0 bridgehead atoms. The van der Waals surface area contributed by atoms with Crippen molar-refractivity contribution in [2.45, 2.75) is 32.6 Å². The van der Waals surface area contributed by atoms with E-state index in [4.69, 9.17) is 5.11 Å². The van der Waals surface area contributed by atoms with E-state index in [9.17, 15) is 13.2 Å². The van der Waals surface area contributed by atoms with Crippen LogP contribution in [0.4, 0.5) is 5.69 Å². The van der Waals surface area contributed by atoms with Crippen LogP contribution < -0.4 is 4.90 Å². The minimum Gasteiger partial charge on any atom is -0.480 e. The van der Waals surface area contributed by atoms with Gasteiger partial charge in [-0.15, -0.1) is 0 Å². The molecule has 0 atom stereocenters. The molecule has 1 heterocycles. The monoisotopic (exact) mass is 354 g/mol. The Morgan fingerprint density at radius 1 is 1.08 bits per heavy atom. The molecular weight excluding hydrogens is 328 g/mol. The maximum absolute atomic E-state index is 11.9. The van der Waals surface area contributed by atoms with E-state index in [0.29, 0.717) is 26.2 Å². The molecule has 0 amide bonds. The molecule has 2 rings (SSSR count). The minimum absolute atomic E-state index is 0.327. The molecule has 1 aromatic rings. The van der Waals surface area contributed by atoms with E-state index < -0.39 is 21.7 Å². The third kappa shape index (κ3) is 5.21. The normalized spacial score (nSPS) is 16.3. The molecular formula is C17H26N2O4S. The molecule has 0 spiro atoms. The predicted octanol–water partition coefficient (Wildman–Crippen LogP) is 1.96. The number of sulfonamides is 1. The highest BCUT2D eigenvalue weighted by molar-refractivity contribution is 7.89. The third-order valence-corrected chi connectivity index (χ3v) is 6.07. The van der Waals surface area contributed by atoms with Crippen LogP contribution in [-0.4, -0.2) is 55.7 Å². The number of aryl methyl sites for hydroxylation is 1. The second kappa shape index (κ2) is 8.48. The number of carboxylic acids is 1. The number of piperazine rings is 1. The lowest BCUT2D eigenvalue weighted by molar-refractivity contribution is -0.134. The molecule has 1 fully saturated rings. The average Bonchev–Trinajstić information content (AvgIpc) is 2.55. The standard InChI is InChI=1S/C17H26N2O4S/c1-2-3-4-5-15-6-8-16(9-7-15)18-10-12-19(13-11-18)24(22,23)14-17(20)21/h6-9H,2-5,10-14H2,1H3,(H,20,21). The summed E-state index contributed by atoms with van der Waals surface area (Å²) in [5.41, 5.74) is 2.42. The van der Waals surface area contributed by atoms with Gasteiger partial charge in [0, 0.05) is 31.9 Å². The molecule has 6 nitrogen and oxygen atoms in total. The van der Waals surface area contributed by atoms with Gasteiger partial charge in [-0.1, -0.05) is 31.9 Å². The van der Waals surface area contributed by atoms with Crippen LogP contribution in [0.25, 0.3) is 0 Å². The number of hydrogen-bond acceptors (Lipinski definition) is 4. The molecule has 1 saturated heterocycles. The van der Waals surface area contributed by atoms with Crippen molar-refractivity contribution < 1.29 is 18.3 Å². The smallest absolute Gasteiger partial charge is 0.320 e. The molecule has 1 aromatic carbocycles. The van der Waals surface area contributed by atoms with E-state index in [-0.39, 0.29) is 0 Å². The summed E-state index contributed by atoms with van der Waals surface area (Å²) in [4.78, 5) is 12.8. The number of anilines is 1. The lowest BCUT2D eigenvalue weighted by Crippen LogP contribution is -2.49. The largest absolute Gasteiger partial charge is 0.480 e. The highest BCUT2D eigenvalue weighted by atomic mass is 32.2. The number of benzene rings is 1. The van der Waals surface area contributed by atoms with Gasteiger partial charge in [-0.05, 0) is 30.5 Å². The van der Waals surface area contributed by atoms with Crippen molar-refractivity contribution in [3.63, 3.8) is 0 Å². The average molecular weight is 354 g/mol. The summed E-state index contributed by atoms with van der Waals surface area (Å²) in [7, 11) is -3.70. The summed E-state index contributed by atoms with van der Waals surface area (Å²) in [5.74, 6) is -2.14. The van der Waals surface area contributed by atoms with Crippen LogP contribution in [0.5, 0.6) is 0 Å². The molecule has 0 aliphatic carbocycles. The molecule has 0 radical (unpaired) electrons. The van der Waals surface area contributed by atoms with E-state index >= 15 is 0 Å². The van der Waals surface area contributed by atoms with Crippen molar-refractivity contribution in [3.8, 4) is 0 Å². The van der Waals surface area contributed by atoms with Gasteiger partial charge in [-0.25, -0.2) is 8.42 Å². The Morgan fingerprint density at radius 2 is 1.71 bits per heavy atom. The molecule has 1 aliphatic heterocycles. The molecule has 24 heavy (non-hydrogen) atoms. The molecule has 134 valence electrons. The van der Waals surface area contributed by atoms with Crippen molar-refractivity contribution in [2.75, 3.05) is 36.8 Å². The Labute approximate surface area is 144 Å². The van der Waals surface area contributed by atoms with Crippen molar-refractivity contribution in [3.05, 3.63) is 29.8 Å². The van der Waals surface area contributed by atoms with Gasteiger partial charge in [0.25, 0.3) is 0 Å². The van der Waals surface area contributed by atoms with E-state index in [0.717, 1.165) is 12.1 Å². The van der Waals surface area contributed by atoms with E-state index in [1.54, 1.807) is 0 Å². The second-order valence-electron chi connectivity index (χ2n) is 6.16. The first-order valence-corrected chi connectivity index (χ1v) is 10.1. The molecule has 0 unspecified atom stereocenters. The van der Waals surface area contributed by atoms with Gasteiger partial charge in [0.05, 0.1) is 0 Å². The Kier molecular flexibility index (Phi) is 6.62. The van der Waals surface area contributed by atoms with Crippen LogP contribution in [0.1, 0.15) is 31.7 Å². The maximum atomic E-state index is 11.9. The van der Waals surface area contributed by atoms with Gasteiger partial charge in [-0.3, -0.25) is 4.79 Å². The van der Waals surface area contributed by atoms with Gasteiger partial charge < -0.3 is 10.0 Å². The number of rotatable bonds is 8. The summed E-state index contributed by atoms with van der Waals surface area (Å²) in [6.07, 6.45) is 4.76. The highest BCUT2D eigenvalue weighted by Gasteiger charge is 2.28. The first-order chi connectivity index (χ1) is 11.4. The van der Waals surface area contributed by atoms with Gasteiger partial charge in [-0.2, -0.15) is 4.31 Å². The fourth-order valence-electron chi connectivity index (χ4n) is 2.92. The Hall–Kier alpha value is -1.60. The van der Waals surface area contributed by atoms with Crippen LogP contribution in [0.15, 0.2) is 24.3 Å². The second-order valence-corrected chi connectivity index (χ2v) is 8.13. The minimum atomic E-state index is -3.70. The van der Waals surface area contributed by atoms with Gasteiger partial charge >= 0.3 is 5.97 Å². The summed E-state index contributed by atoms with van der Waals surface area (Å²) >= 11 is 0. The zero-order valence-electron chi connectivity index (χ0n) is 14.1. The molecule has 7 heteroatoms. The van der Waals surface area contributed by atoms with Crippen molar-refractivity contribution >= 4 is 21.7 Å².